The van der Waals surface area contributed by atoms with E-state index < -0.39 is 0 Å². The summed E-state index contributed by atoms with van der Waals surface area (Å²) in [7, 11) is 0. The maximum absolute atomic E-state index is 9.88. The Morgan fingerprint density at radius 3 is 2.82 bits per heavy atom. The molecule has 0 radical (unpaired) electrons. The predicted octanol–water partition coefficient (Wildman–Crippen LogP) is 3.61. The fourth-order valence-corrected chi connectivity index (χ4v) is 2.19. The third-order valence-electron chi connectivity index (χ3n) is 2.68. The van der Waals surface area contributed by atoms with Crippen molar-refractivity contribution in [1.29, 1.82) is 0 Å². The lowest BCUT2D eigenvalue weighted by molar-refractivity contribution is 0.417. The molecule has 2 atom stereocenters. The van der Waals surface area contributed by atoms with E-state index in [1.807, 2.05) is 12.1 Å². The molecular formula is C14H18BrNO. The monoisotopic (exact) mass is 295 g/mol. The van der Waals surface area contributed by atoms with Crippen LogP contribution in [-0.4, -0.2) is 11.1 Å². The van der Waals surface area contributed by atoms with Crippen LogP contribution >= 0.6 is 15.9 Å². The van der Waals surface area contributed by atoms with Gasteiger partial charge < -0.3 is 10.4 Å². The van der Waals surface area contributed by atoms with E-state index in [1.54, 1.807) is 6.07 Å². The number of phenolic OH excluding ortho intramolecular Hbond substituents is 1. The Kier molecular flexibility index (Phi) is 5.54. The molecule has 0 aromatic heterocycles. The van der Waals surface area contributed by atoms with Crippen molar-refractivity contribution < 1.29 is 5.11 Å². The second kappa shape index (κ2) is 6.68. The van der Waals surface area contributed by atoms with Crippen LogP contribution in [0, 0.1) is 12.3 Å². The molecule has 0 aliphatic heterocycles. The molecule has 2 N–H and O–H groups in total. The lowest BCUT2D eigenvalue weighted by Gasteiger charge is -2.22. The Morgan fingerprint density at radius 1 is 1.53 bits per heavy atom. The van der Waals surface area contributed by atoms with Crippen LogP contribution in [0.4, 0.5) is 0 Å². The van der Waals surface area contributed by atoms with Gasteiger partial charge in [0.25, 0.3) is 0 Å². The second-order valence-corrected chi connectivity index (χ2v) is 5.06. The number of nitrogens with one attached hydrogen (secondary N) is 1. The maximum atomic E-state index is 9.88. The molecule has 0 bridgehead atoms. The number of benzene rings is 1. The minimum absolute atomic E-state index is 0.121. The minimum Gasteiger partial charge on any atom is -0.508 e. The van der Waals surface area contributed by atoms with Gasteiger partial charge in [-0.15, -0.1) is 12.3 Å². The summed E-state index contributed by atoms with van der Waals surface area (Å²) in [5.41, 5.74) is 0.908. The molecule has 2 unspecified atom stereocenters. The largest absolute Gasteiger partial charge is 0.508 e. The molecule has 0 heterocycles. The van der Waals surface area contributed by atoms with E-state index in [0.717, 1.165) is 16.5 Å². The van der Waals surface area contributed by atoms with Crippen molar-refractivity contribution in [2.75, 3.05) is 0 Å². The molecule has 0 aliphatic carbocycles. The standard InChI is InChI=1S/C14H18BrNO/c1-4-6-10(3)16-13(5-2)12-9-11(15)7-8-14(12)17/h1,7-10,13,16-17H,5-6H2,2-3H3. The highest BCUT2D eigenvalue weighted by molar-refractivity contribution is 9.10. The first-order valence-electron chi connectivity index (χ1n) is 5.76. The van der Waals surface area contributed by atoms with E-state index in [9.17, 15) is 5.11 Å². The molecular weight excluding hydrogens is 278 g/mol. The Bertz CT molecular complexity index is 411. The van der Waals surface area contributed by atoms with Gasteiger partial charge in [-0.3, -0.25) is 0 Å². The van der Waals surface area contributed by atoms with Crippen LogP contribution in [0.25, 0.3) is 0 Å². The SMILES string of the molecule is C#CCC(C)NC(CC)c1cc(Br)ccc1O. The Labute approximate surface area is 112 Å². The molecule has 1 aromatic carbocycles. The lowest BCUT2D eigenvalue weighted by Crippen LogP contribution is -2.30. The average molecular weight is 296 g/mol. The predicted molar refractivity (Wildman–Crippen MR) is 74.9 cm³/mol. The molecule has 1 rings (SSSR count). The normalized spacial score (nSPS) is 14.0. The van der Waals surface area contributed by atoms with Crippen LogP contribution < -0.4 is 5.32 Å². The number of rotatable bonds is 5. The Balaban J connectivity index is 2.86. The molecule has 0 saturated heterocycles. The van der Waals surface area contributed by atoms with E-state index in [2.05, 4.69) is 41.0 Å². The molecule has 3 heteroatoms. The molecule has 0 fully saturated rings. The van der Waals surface area contributed by atoms with Gasteiger partial charge in [0.15, 0.2) is 0 Å². The van der Waals surface area contributed by atoms with E-state index in [0.29, 0.717) is 12.2 Å². The molecule has 17 heavy (non-hydrogen) atoms. The Morgan fingerprint density at radius 2 is 2.24 bits per heavy atom. The average Bonchev–Trinajstić information content (AvgIpc) is 2.30. The van der Waals surface area contributed by atoms with Crippen molar-refractivity contribution in [3.05, 3.63) is 28.2 Å². The van der Waals surface area contributed by atoms with Crippen LogP contribution in [0.3, 0.4) is 0 Å². The highest BCUT2D eigenvalue weighted by Crippen LogP contribution is 2.29. The number of hydrogen-bond acceptors (Lipinski definition) is 2. The molecule has 0 aliphatic rings. The first-order valence-corrected chi connectivity index (χ1v) is 6.55. The highest BCUT2D eigenvalue weighted by Gasteiger charge is 2.15. The van der Waals surface area contributed by atoms with Crippen molar-refractivity contribution in [3.8, 4) is 18.1 Å². The number of halogens is 1. The minimum atomic E-state index is 0.121. The zero-order valence-corrected chi connectivity index (χ0v) is 11.8. The Hall–Kier alpha value is -0.980. The maximum Gasteiger partial charge on any atom is 0.120 e. The van der Waals surface area contributed by atoms with Crippen LogP contribution in [0.2, 0.25) is 0 Å². The summed E-state index contributed by atoms with van der Waals surface area (Å²) >= 11 is 3.42. The van der Waals surface area contributed by atoms with Gasteiger partial charge in [0.05, 0.1) is 0 Å². The smallest absolute Gasteiger partial charge is 0.120 e. The van der Waals surface area contributed by atoms with Gasteiger partial charge in [-0.05, 0) is 31.5 Å². The van der Waals surface area contributed by atoms with Crippen molar-refractivity contribution in [2.45, 2.75) is 38.8 Å². The van der Waals surface area contributed by atoms with E-state index in [-0.39, 0.29) is 12.1 Å². The topological polar surface area (TPSA) is 32.3 Å². The van der Waals surface area contributed by atoms with Gasteiger partial charge in [0, 0.05) is 28.5 Å². The summed E-state index contributed by atoms with van der Waals surface area (Å²) in [4.78, 5) is 0. The van der Waals surface area contributed by atoms with Gasteiger partial charge in [-0.2, -0.15) is 0 Å². The van der Waals surface area contributed by atoms with Crippen LogP contribution in [0.15, 0.2) is 22.7 Å². The number of aromatic hydroxyl groups is 1. The fraction of sp³-hybridized carbons (Fsp3) is 0.429. The van der Waals surface area contributed by atoms with Crippen LogP contribution in [0.5, 0.6) is 5.75 Å². The summed E-state index contributed by atoms with van der Waals surface area (Å²) < 4.78 is 0.968. The summed E-state index contributed by atoms with van der Waals surface area (Å²) in [6.45, 7) is 4.14. The van der Waals surface area contributed by atoms with Crippen LogP contribution in [-0.2, 0) is 0 Å². The molecule has 1 aromatic rings. The lowest BCUT2D eigenvalue weighted by atomic mass is 10.0. The van der Waals surface area contributed by atoms with Crippen molar-refractivity contribution in [2.24, 2.45) is 0 Å². The van der Waals surface area contributed by atoms with Gasteiger partial charge >= 0.3 is 0 Å². The van der Waals surface area contributed by atoms with Crippen molar-refractivity contribution in [1.82, 2.24) is 5.32 Å². The molecule has 2 nitrogen and oxygen atoms in total. The quantitative estimate of drug-likeness (QED) is 0.814. The van der Waals surface area contributed by atoms with E-state index in [1.165, 1.54) is 0 Å². The zero-order chi connectivity index (χ0) is 12.8. The summed E-state index contributed by atoms with van der Waals surface area (Å²) in [5, 5.41) is 13.3. The first kappa shape index (κ1) is 14.1. The summed E-state index contributed by atoms with van der Waals surface area (Å²) in [6.07, 6.45) is 6.88. The van der Waals surface area contributed by atoms with Gasteiger partial charge in [-0.1, -0.05) is 22.9 Å². The van der Waals surface area contributed by atoms with Crippen molar-refractivity contribution in [3.63, 3.8) is 0 Å². The molecule has 0 amide bonds. The number of phenols is 1. The van der Waals surface area contributed by atoms with Crippen molar-refractivity contribution >= 4 is 15.9 Å². The molecule has 92 valence electrons. The van der Waals surface area contributed by atoms with Crippen LogP contribution in [0.1, 0.15) is 38.3 Å². The first-order chi connectivity index (χ1) is 8.08. The summed E-state index contributed by atoms with van der Waals surface area (Å²) in [6, 6.07) is 5.84. The fourth-order valence-electron chi connectivity index (χ4n) is 1.81. The second-order valence-electron chi connectivity index (χ2n) is 4.14. The summed E-state index contributed by atoms with van der Waals surface area (Å²) in [5.74, 6) is 2.96. The third kappa shape index (κ3) is 4.07. The van der Waals surface area contributed by atoms with Gasteiger partial charge in [-0.25, -0.2) is 0 Å². The number of terminal acetylenes is 1. The third-order valence-corrected chi connectivity index (χ3v) is 3.18. The van der Waals surface area contributed by atoms with Gasteiger partial charge in [0.1, 0.15) is 5.75 Å². The molecule has 0 saturated carbocycles. The molecule has 0 spiro atoms. The zero-order valence-electron chi connectivity index (χ0n) is 10.2. The highest BCUT2D eigenvalue weighted by atomic mass is 79.9. The van der Waals surface area contributed by atoms with Gasteiger partial charge in [0.2, 0.25) is 0 Å². The van der Waals surface area contributed by atoms with E-state index >= 15 is 0 Å². The van der Waals surface area contributed by atoms with E-state index in [4.69, 9.17) is 6.42 Å². The number of hydrogen-bond donors (Lipinski definition) is 2.